The van der Waals surface area contributed by atoms with Crippen LogP contribution in [0.3, 0.4) is 0 Å². The maximum Gasteiger partial charge on any atom is 0.343 e. The predicted octanol–water partition coefficient (Wildman–Crippen LogP) is 3.73. The Labute approximate surface area is 153 Å². The van der Waals surface area contributed by atoms with Gasteiger partial charge in [0.25, 0.3) is 0 Å². The summed E-state index contributed by atoms with van der Waals surface area (Å²) in [6.07, 6.45) is 1.88. The molecule has 1 N–H and O–H groups in total. The van der Waals surface area contributed by atoms with Crippen LogP contribution in [-0.4, -0.2) is 29.1 Å². The summed E-state index contributed by atoms with van der Waals surface area (Å²) in [5, 5.41) is 12.4. The first-order valence-corrected chi connectivity index (χ1v) is 8.43. The molecule has 8 heteroatoms. The zero-order valence-electron chi connectivity index (χ0n) is 14.2. The van der Waals surface area contributed by atoms with Crippen molar-refractivity contribution in [1.29, 1.82) is 0 Å². The Morgan fingerprint density at radius 3 is 2.74 bits per heavy atom. The number of nitro benzene ring substituents is 1. The van der Waals surface area contributed by atoms with E-state index in [1.54, 1.807) is 30.5 Å². The molecule has 0 atom stereocenters. The van der Waals surface area contributed by atoms with Crippen molar-refractivity contribution in [2.24, 2.45) is 0 Å². The van der Waals surface area contributed by atoms with Crippen LogP contribution in [0, 0.1) is 10.1 Å². The number of aromatic nitrogens is 1. The number of aromatic amines is 1. The molecule has 2 aromatic carbocycles. The van der Waals surface area contributed by atoms with Gasteiger partial charge in [-0.3, -0.25) is 10.1 Å². The lowest BCUT2D eigenvalue weighted by Gasteiger charge is -2.23. The highest BCUT2D eigenvalue weighted by Crippen LogP contribution is 2.33. The molecule has 1 aliphatic heterocycles. The Hall–Kier alpha value is -3.23. The zero-order chi connectivity index (χ0) is 18.8. The second-order valence-corrected chi connectivity index (χ2v) is 6.08. The summed E-state index contributed by atoms with van der Waals surface area (Å²) in [5.41, 5.74) is 1.26. The monoisotopic (exact) mass is 368 g/mol. The third-order valence-corrected chi connectivity index (χ3v) is 4.27. The number of carbonyl (C=O) groups is 1. The second-order valence-electron chi connectivity index (χ2n) is 6.08. The molecule has 0 saturated carbocycles. The number of H-pyrrole nitrogens is 1. The van der Waals surface area contributed by atoms with Crippen LogP contribution in [0.15, 0.2) is 48.7 Å². The number of rotatable bonds is 4. The second kappa shape index (κ2) is 7.18. The van der Waals surface area contributed by atoms with Crippen LogP contribution in [0.4, 0.5) is 5.69 Å². The summed E-state index contributed by atoms with van der Waals surface area (Å²) in [4.78, 5) is 26.3. The number of carbonyl (C=O) groups excluding carboxylic acids is 1. The summed E-state index contributed by atoms with van der Waals surface area (Å²) < 4.78 is 16.2. The van der Waals surface area contributed by atoms with Crippen molar-refractivity contribution in [2.45, 2.75) is 12.7 Å². The van der Waals surface area contributed by atoms with Gasteiger partial charge in [-0.1, -0.05) is 6.07 Å². The molecule has 1 aromatic heterocycles. The van der Waals surface area contributed by atoms with Crippen LogP contribution in [0.2, 0.25) is 0 Å². The largest absolute Gasteiger partial charge is 0.416 e. The molecule has 3 aromatic rings. The van der Waals surface area contributed by atoms with Gasteiger partial charge in [0.15, 0.2) is 6.29 Å². The average Bonchev–Trinajstić information content (AvgIpc) is 3.16. The molecule has 0 bridgehead atoms. The van der Waals surface area contributed by atoms with Gasteiger partial charge in [-0.25, -0.2) is 4.79 Å². The van der Waals surface area contributed by atoms with Crippen LogP contribution >= 0.6 is 0 Å². The topological polar surface area (TPSA) is 104 Å². The lowest BCUT2D eigenvalue weighted by Crippen LogP contribution is -2.18. The number of hydrogen-bond donors (Lipinski definition) is 1. The van der Waals surface area contributed by atoms with Gasteiger partial charge >= 0.3 is 11.7 Å². The smallest absolute Gasteiger partial charge is 0.343 e. The number of esters is 1. The van der Waals surface area contributed by atoms with Crippen LogP contribution in [0.1, 0.15) is 28.6 Å². The lowest BCUT2D eigenvalue weighted by molar-refractivity contribution is -0.385. The minimum absolute atomic E-state index is 0.129. The van der Waals surface area contributed by atoms with Crippen molar-refractivity contribution >= 4 is 22.6 Å². The van der Waals surface area contributed by atoms with Crippen molar-refractivity contribution in [2.75, 3.05) is 13.2 Å². The SMILES string of the molecule is O=C(Oc1ccc(C2OCCCO2)cc1[N+](=O)[O-])c1ccc2cc[nH]c2c1. The molecule has 0 unspecified atom stereocenters. The highest BCUT2D eigenvalue weighted by atomic mass is 16.7. The van der Waals surface area contributed by atoms with E-state index in [-0.39, 0.29) is 11.4 Å². The predicted molar refractivity (Wildman–Crippen MR) is 95.6 cm³/mol. The highest BCUT2D eigenvalue weighted by Gasteiger charge is 2.24. The molecule has 1 saturated heterocycles. The van der Waals surface area contributed by atoms with Gasteiger partial charge in [0.1, 0.15) is 0 Å². The van der Waals surface area contributed by atoms with Crippen LogP contribution in [-0.2, 0) is 9.47 Å². The van der Waals surface area contributed by atoms with Gasteiger partial charge in [0, 0.05) is 23.3 Å². The summed E-state index contributed by atoms with van der Waals surface area (Å²) in [6.45, 7) is 1.05. The lowest BCUT2D eigenvalue weighted by atomic mass is 10.1. The van der Waals surface area contributed by atoms with E-state index in [0.717, 1.165) is 17.3 Å². The fraction of sp³-hybridized carbons (Fsp3) is 0.211. The maximum absolute atomic E-state index is 12.4. The molecule has 138 valence electrons. The number of nitrogens with zero attached hydrogens (tertiary/aromatic N) is 1. The minimum atomic E-state index is -0.674. The first-order chi connectivity index (χ1) is 13.1. The van der Waals surface area contributed by atoms with E-state index < -0.39 is 17.2 Å². The molecule has 1 aliphatic rings. The summed E-state index contributed by atoms with van der Waals surface area (Å²) >= 11 is 0. The number of nitro groups is 1. The molecule has 1 fully saturated rings. The van der Waals surface area contributed by atoms with E-state index in [1.165, 1.54) is 12.1 Å². The van der Waals surface area contributed by atoms with Gasteiger partial charge in [0.05, 0.1) is 23.7 Å². The van der Waals surface area contributed by atoms with Gasteiger partial charge in [-0.2, -0.15) is 0 Å². The third kappa shape index (κ3) is 3.53. The fourth-order valence-corrected chi connectivity index (χ4v) is 2.92. The quantitative estimate of drug-likeness (QED) is 0.326. The van der Waals surface area contributed by atoms with Crippen LogP contribution in [0.5, 0.6) is 5.75 Å². The van der Waals surface area contributed by atoms with Crippen molar-refractivity contribution in [1.82, 2.24) is 4.98 Å². The number of nitrogens with one attached hydrogen (secondary N) is 1. The minimum Gasteiger partial charge on any atom is -0.416 e. The Morgan fingerprint density at radius 2 is 1.96 bits per heavy atom. The first kappa shape index (κ1) is 17.2. The van der Waals surface area contributed by atoms with Crippen LogP contribution in [0.25, 0.3) is 10.9 Å². The normalized spacial score (nSPS) is 15.0. The number of fused-ring (bicyclic) bond motifs is 1. The summed E-state index contributed by atoms with van der Waals surface area (Å²) in [5.74, 6) is -0.802. The Kier molecular flexibility index (Phi) is 4.57. The molecule has 27 heavy (non-hydrogen) atoms. The number of hydrogen-bond acceptors (Lipinski definition) is 6. The summed E-state index contributed by atoms with van der Waals surface area (Å²) in [7, 11) is 0. The standard InChI is InChI=1S/C19H16N2O6/c22-18(13-3-2-12-6-7-20-15(12)10-13)27-17-5-4-14(11-16(17)21(23)24)19-25-8-1-9-26-19/h2-7,10-11,19-20H,1,8-9H2. The van der Waals surface area contributed by atoms with E-state index in [4.69, 9.17) is 14.2 Å². The van der Waals surface area contributed by atoms with Gasteiger partial charge in [-0.05, 0) is 42.1 Å². The third-order valence-electron chi connectivity index (χ3n) is 4.27. The molecule has 0 amide bonds. The molecule has 2 heterocycles. The van der Waals surface area contributed by atoms with Gasteiger partial charge in [-0.15, -0.1) is 0 Å². The number of ether oxygens (including phenoxy) is 3. The van der Waals surface area contributed by atoms with E-state index in [9.17, 15) is 14.9 Å². The Balaban J connectivity index is 1.60. The average molecular weight is 368 g/mol. The van der Waals surface area contributed by atoms with Crippen LogP contribution < -0.4 is 4.74 Å². The Morgan fingerprint density at radius 1 is 1.15 bits per heavy atom. The zero-order valence-corrected chi connectivity index (χ0v) is 14.2. The summed E-state index contributed by atoms with van der Waals surface area (Å²) in [6, 6.07) is 11.2. The van der Waals surface area contributed by atoms with E-state index in [2.05, 4.69) is 4.98 Å². The van der Waals surface area contributed by atoms with Crippen molar-refractivity contribution < 1.29 is 23.9 Å². The molecular formula is C19H16N2O6. The first-order valence-electron chi connectivity index (χ1n) is 8.43. The van der Waals surface area contributed by atoms with E-state index in [1.807, 2.05) is 6.07 Å². The van der Waals surface area contributed by atoms with Crippen molar-refractivity contribution in [3.63, 3.8) is 0 Å². The van der Waals surface area contributed by atoms with Crippen molar-refractivity contribution in [3.05, 3.63) is 69.9 Å². The molecule has 0 radical (unpaired) electrons. The van der Waals surface area contributed by atoms with E-state index >= 15 is 0 Å². The number of benzene rings is 2. The molecule has 0 aliphatic carbocycles. The molecular weight excluding hydrogens is 352 g/mol. The Bertz CT molecular complexity index is 1010. The highest BCUT2D eigenvalue weighted by molar-refractivity contribution is 5.95. The molecule has 8 nitrogen and oxygen atoms in total. The van der Waals surface area contributed by atoms with Gasteiger partial charge < -0.3 is 19.2 Å². The fourth-order valence-electron chi connectivity index (χ4n) is 2.92. The van der Waals surface area contributed by atoms with E-state index in [0.29, 0.717) is 24.3 Å². The van der Waals surface area contributed by atoms with Crippen molar-refractivity contribution in [3.8, 4) is 5.75 Å². The maximum atomic E-state index is 12.4. The molecule has 4 rings (SSSR count). The van der Waals surface area contributed by atoms with Gasteiger partial charge in [0.2, 0.25) is 5.75 Å². The molecule has 0 spiro atoms.